The Morgan fingerprint density at radius 1 is 1.03 bits per heavy atom. The number of unbranched alkanes of at least 4 members (excludes halogenated alkanes) is 1. The van der Waals surface area contributed by atoms with Gasteiger partial charge in [0.25, 0.3) is 17.7 Å². The summed E-state index contributed by atoms with van der Waals surface area (Å²) in [5.74, 6) is -2.69. The molecule has 4 rings (SSSR count). The van der Waals surface area contributed by atoms with Gasteiger partial charge in [0, 0.05) is 11.4 Å². The Hall–Kier alpha value is -3.53. The lowest BCUT2D eigenvalue weighted by atomic mass is 10.1. The number of aryl methyl sites for hydroxylation is 1. The van der Waals surface area contributed by atoms with Gasteiger partial charge in [0.15, 0.2) is 6.61 Å². The zero-order valence-electron chi connectivity index (χ0n) is 19.6. The van der Waals surface area contributed by atoms with E-state index in [0.29, 0.717) is 23.5 Å². The molecule has 9 nitrogen and oxygen atoms in total. The Bertz CT molecular complexity index is 1220. The van der Waals surface area contributed by atoms with Crippen molar-refractivity contribution in [3.63, 3.8) is 0 Å². The molecule has 0 saturated carbocycles. The summed E-state index contributed by atoms with van der Waals surface area (Å²) in [7, 11) is 0. The van der Waals surface area contributed by atoms with Gasteiger partial charge in [-0.1, -0.05) is 13.3 Å². The molecular weight excluding hydrogens is 472 g/mol. The zero-order chi connectivity index (χ0) is 25.1. The fraction of sp³-hybridized carbons (Fsp3) is 0.400. The molecule has 10 heteroatoms. The molecule has 1 aromatic heterocycles. The molecule has 0 fully saturated rings. The summed E-state index contributed by atoms with van der Waals surface area (Å²) in [4.78, 5) is 64.7. The second-order valence-electron chi connectivity index (χ2n) is 8.28. The highest BCUT2D eigenvalue weighted by Gasteiger charge is 2.35. The first-order chi connectivity index (χ1) is 16.8. The Labute approximate surface area is 206 Å². The molecule has 0 atom stereocenters. The van der Waals surface area contributed by atoms with E-state index in [1.54, 1.807) is 6.92 Å². The Kier molecular flexibility index (Phi) is 7.30. The van der Waals surface area contributed by atoms with Crippen molar-refractivity contribution >= 4 is 46.0 Å². The SMILES string of the molecule is CCCCN1C(=O)c2ccc(C(=O)OCC(=O)Nc3sc4c(c3C(=O)OCC)CCC4)cc2C1=O. The number of nitrogens with one attached hydrogen (secondary N) is 1. The summed E-state index contributed by atoms with van der Waals surface area (Å²) in [6, 6.07) is 4.15. The molecule has 1 aliphatic heterocycles. The minimum Gasteiger partial charge on any atom is -0.462 e. The zero-order valence-corrected chi connectivity index (χ0v) is 20.4. The standard InChI is InChI=1S/C25H26N2O7S/c1-3-5-11-27-22(29)15-10-9-14(12-17(15)23(27)30)24(31)34-13-19(28)26-21-20(25(32)33-4-2)16-7-6-8-18(16)35-21/h9-10,12H,3-8,11,13H2,1-2H3,(H,26,28). The van der Waals surface area contributed by atoms with E-state index >= 15 is 0 Å². The molecule has 2 aliphatic rings. The maximum atomic E-state index is 12.6. The van der Waals surface area contributed by atoms with Gasteiger partial charge in [-0.25, -0.2) is 9.59 Å². The lowest BCUT2D eigenvalue weighted by Crippen LogP contribution is -2.30. The number of hydrogen-bond donors (Lipinski definition) is 1. The molecule has 0 radical (unpaired) electrons. The minimum atomic E-state index is -0.797. The van der Waals surface area contributed by atoms with E-state index in [9.17, 15) is 24.0 Å². The van der Waals surface area contributed by atoms with Gasteiger partial charge in [0.1, 0.15) is 5.00 Å². The smallest absolute Gasteiger partial charge is 0.341 e. The van der Waals surface area contributed by atoms with Crippen LogP contribution in [-0.4, -0.2) is 54.3 Å². The molecule has 1 aliphatic carbocycles. The summed E-state index contributed by atoms with van der Waals surface area (Å²) in [5.41, 5.74) is 1.75. The molecule has 1 aromatic carbocycles. The van der Waals surface area contributed by atoms with Crippen LogP contribution in [0.15, 0.2) is 18.2 Å². The number of carbonyl (C=O) groups excluding carboxylic acids is 5. The number of thiophene rings is 1. The number of benzene rings is 1. The van der Waals surface area contributed by atoms with Gasteiger partial charge in [-0.2, -0.15) is 0 Å². The number of amides is 3. The lowest BCUT2D eigenvalue weighted by Gasteiger charge is -2.12. The van der Waals surface area contributed by atoms with Crippen LogP contribution in [0.25, 0.3) is 0 Å². The summed E-state index contributed by atoms with van der Waals surface area (Å²) < 4.78 is 10.3. The van der Waals surface area contributed by atoms with Crippen LogP contribution in [0.1, 0.15) is 85.0 Å². The van der Waals surface area contributed by atoms with Gasteiger partial charge >= 0.3 is 11.9 Å². The monoisotopic (exact) mass is 498 g/mol. The summed E-state index contributed by atoms with van der Waals surface area (Å²) in [5, 5.41) is 3.05. The Balaban J connectivity index is 1.40. The van der Waals surface area contributed by atoms with Crippen LogP contribution in [0, 0.1) is 0 Å². The van der Waals surface area contributed by atoms with E-state index in [0.717, 1.165) is 36.1 Å². The van der Waals surface area contributed by atoms with Crippen molar-refractivity contribution in [3.05, 3.63) is 50.9 Å². The van der Waals surface area contributed by atoms with Crippen LogP contribution in [0.4, 0.5) is 5.00 Å². The molecule has 0 spiro atoms. The Morgan fingerprint density at radius 3 is 2.54 bits per heavy atom. The van der Waals surface area contributed by atoms with Gasteiger partial charge in [-0.3, -0.25) is 19.3 Å². The number of hydrogen-bond acceptors (Lipinski definition) is 8. The quantitative estimate of drug-likeness (QED) is 0.414. The number of carbonyl (C=O) groups is 5. The van der Waals surface area contributed by atoms with Crippen LogP contribution in [0.2, 0.25) is 0 Å². The van der Waals surface area contributed by atoms with Crippen molar-refractivity contribution in [3.8, 4) is 0 Å². The highest BCUT2D eigenvalue weighted by Crippen LogP contribution is 2.39. The predicted octanol–water partition coefficient (Wildman–Crippen LogP) is 3.61. The normalized spacial score (nSPS) is 14.1. The number of fused-ring (bicyclic) bond motifs is 2. The third-order valence-electron chi connectivity index (χ3n) is 5.93. The molecule has 2 heterocycles. The average Bonchev–Trinajstić information content (AvgIpc) is 3.49. The highest BCUT2D eigenvalue weighted by atomic mass is 32.1. The molecule has 0 bridgehead atoms. The molecular formula is C25H26N2O7S. The molecule has 0 saturated heterocycles. The van der Waals surface area contributed by atoms with Gasteiger partial charge in [-0.15, -0.1) is 11.3 Å². The molecule has 184 valence electrons. The Morgan fingerprint density at radius 2 is 1.80 bits per heavy atom. The number of rotatable bonds is 9. The second-order valence-corrected chi connectivity index (χ2v) is 9.39. The third kappa shape index (κ3) is 4.84. The van der Waals surface area contributed by atoms with Gasteiger partial charge in [-0.05, 0) is 56.4 Å². The van der Waals surface area contributed by atoms with Crippen molar-refractivity contribution in [1.29, 1.82) is 0 Å². The van der Waals surface area contributed by atoms with Crippen molar-refractivity contribution in [2.45, 2.75) is 46.0 Å². The first-order valence-corrected chi connectivity index (χ1v) is 12.5. The number of nitrogens with zero attached hydrogens (tertiary/aromatic N) is 1. The highest BCUT2D eigenvalue weighted by molar-refractivity contribution is 7.17. The molecule has 2 aromatic rings. The largest absolute Gasteiger partial charge is 0.462 e. The van der Waals surface area contributed by atoms with E-state index in [2.05, 4.69) is 5.32 Å². The summed E-state index contributed by atoms with van der Waals surface area (Å²) >= 11 is 1.33. The van der Waals surface area contributed by atoms with Crippen LogP contribution in [0.3, 0.4) is 0 Å². The number of ether oxygens (including phenoxy) is 2. The molecule has 0 unspecified atom stereocenters. The fourth-order valence-corrected chi connectivity index (χ4v) is 5.52. The van der Waals surface area contributed by atoms with Gasteiger partial charge in [0.2, 0.25) is 0 Å². The van der Waals surface area contributed by atoms with Gasteiger partial charge < -0.3 is 14.8 Å². The second kappa shape index (κ2) is 10.4. The van der Waals surface area contributed by atoms with E-state index in [1.165, 1.54) is 34.4 Å². The van der Waals surface area contributed by atoms with Crippen LogP contribution < -0.4 is 5.32 Å². The number of anilines is 1. The molecule has 1 N–H and O–H groups in total. The maximum absolute atomic E-state index is 12.6. The van der Waals surface area contributed by atoms with E-state index in [4.69, 9.17) is 9.47 Å². The topological polar surface area (TPSA) is 119 Å². The third-order valence-corrected chi connectivity index (χ3v) is 7.14. The first kappa shape index (κ1) is 24.6. The van der Waals surface area contributed by atoms with Crippen molar-refractivity contribution in [2.24, 2.45) is 0 Å². The summed E-state index contributed by atoms with van der Waals surface area (Å²) in [6.07, 6.45) is 4.07. The lowest BCUT2D eigenvalue weighted by molar-refractivity contribution is -0.119. The molecule has 3 amide bonds. The van der Waals surface area contributed by atoms with Crippen molar-refractivity contribution in [1.82, 2.24) is 4.90 Å². The van der Waals surface area contributed by atoms with Crippen molar-refractivity contribution < 1.29 is 33.4 Å². The minimum absolute atomic E-state index is 0.0670. The van der Waals surface area contributed by atoms with E-state index in [-0.39, 0.29) is 29.2 Å². The fourth-order valence-electron chi connectivity index (χ4n) is 4.23. The predicted molar refractivity (Wildman–Crippen MR) is 128 cm³/mol. The van der Waals surface area contributed by atoms with Gasteiger partial charge in [0.05, 0.1) is 28.9 Å². The number of esters is 2. The summed E-state index contributed by atoms with van der Waals surface area (Å²) in [6.45, 7) is 3.65. The number of imide groups is 1. The van der Waals surface area contributed by atoms with E-state index < -0.39 is 30.4 Å². The van der Waals surface area contributed by atoms with E-state index in [1.807, 2.05) is 6.92 Å². The van der Waals surface area contributed by atoms with Crippen LogP contribution in [0.5, 0.6) is 0 Å². The maximum Gasteiger partial charge on any atom is 0.341 e. The van der Waals surface area contributed by atoms with Crippen LogP contribution in [-0.2, 0) is 27.1 Å². The van der Waals surface area contributed by atoms with Crippen LogP contribution >= 0.6 is 11.3 Å². The molecule has 35 heavy (non-hydrogen) atoms. The first-order valence-electron chi connectivity index (χ1n) is 11.6. The average molecular weight is 499 g/mol. The van der Waals surface area contributed by atoms with Crippen molar-refractivity contribution in [2.75, 3.05) is 25.1 Å².